The largest absolute Gasteiger partial charge is 0.480 e. The van der Waals surface area contributed by atoms with Crippen LogP contribution in [0.15, 0.2) is 30.5 Å². The maximum absolute atomic E-state index is 12.8. The minimum absolute atomic E-state index is 0. The predicted octanol–water partition coefficient (Wildman–Crippen LogP) is 3.13. The number of nitrogens with one attached hydrogen (secondary N) is 2. The summed E-state index contributed by atoms with van der Waals surface area (Å²) >= 11 is 0.762. The van der Waals surface area contributed by atoms with Gasteiger partial charge < -0.3 is 51.3 Å². The zero-order valence-electron chi connectivity index (χ0n) is 34.7. The van der Waals surface area contributed by atoms with E-state index in [1.807, 2.05) is 17.2 Å². The second-order valence-electron chi connectivity index (χ2n) is 14.9. The predicted molar refractivity (Wildman–Crippen MR) is 236 cm³/mol. The zero-order valence-corrected chi connectivity index (χ0v) is 35.6. The van der Waals surface area contributed by atoms with E-state index in [0.29, 0.717) is 45.9 Å². The lowest BCUT2D eigenvalue weighted by atomic mass is 10.0. The fourth-order valence-electron chi connectivity index (χ4n) is 6.64. The quantitative estimate of drug-likeness (QED) is 0.0573. The van der Waals surface area contributed by atoms with Crippen LogP contribution in [-0.4, -0.2) is 147 Å². The second kappa shape index (κ2) is 26.5. The number of unbranched alkanes of at least 4 members (excludes halogenated alkanes) is 2. The lowest BCUT2D eigenvalue weighted by Crippen LogP contribution is -2.48. The molecule has 3 heterocycles. The third kappa shape index (κ3) is 17.2. The van der Waals surface area contributed by atoms with Gasteiger partial charge in [-0.25, -0.2) is 4.98 Å². The number of carbonyl (C=O) groups is 5. The van der Waals surface area contributed by atoms with Crippen LogP contribution in [0.5, 0.6) is 0 Å². The van der Waals surface area contributed by atoms with Gasteiger partial charge in [-0.3, -0.25) is 28.9 Å². The molecule has 338 valence electrons. The number of ketones is 1. The van der Waals surface area contributed by atoms with Crippen LogP contribution in [0, 0.1) is 6.92 Å². The van der Waals surface area contributed by atoms with E-state index in [2.05, 4.69) is 62.1 Å². The van der Waals surface area contributed by atoms with Crippen LogP contribution in [-0.2, 0) is 46.5 Å². The van der Waals surface area contributed by atoms with E-state index in [4.69, 9.17) is 26.0 Å². The van der Waals surface area contributed by atoms with E-state index in [1.54, 1.807) is 0 Å². The molecule has 19 heteroatoms. The number of nitrogens with zero attached hydrogens (tertiary/aromatic N) is 5. The van der Waals surface area contributed by atoms with Gasteiger partial charge in [-0.05, 0) is 42.5 Å². The number of nitrogens with two attached hydrogens (primary N) is 2. The number of amides is 2. The summed E-state index contributed by atoms with van der Waals surface area (Å²) in [4.78, 5) is 72.5. The maximum Gasteiger partial charge on any atom is 0.321 e. The maximum atomic E-state index is 12.8. The number of hydrogen-bond acceptors (Lipinski definition) is 14. The highest BCUT2D eigenvalue weighted by atomic mass is 32.2. The number of aliphatic carboxylic acids is 2. The van der Waals surface area contributed by atoms with Crippen molar-refractivity contribution < 1.29 is 43.7 Å². The summed E-state index contributed by atoms with van der Waals surface area (Å²) in [5, 5.41) is 22.8. The molecule has 3 aromatic rings. The molecule has 0 unspecified atom stereocenters. The average molecular weight is 872 g/mol. The van der Waals surface area contributed by atoms with Crippen molar-refractivity contribution in [1.82, 2.24) is 29.7 Å². The monoisotopic (exact) mass is 871 g/mol. The summed E-state index contributed by atoms with van der Waals surface area (Å²) < 4.78 is 13.3. The van der Waals surface area contributed by atoms with Crippen LogP contribution >= 0.6 is 11.8 Å². The highest BCUT2D eigenvalue weighted by Crippen LogP contribution is 2.25. The SMILES string of the molecule is C.CCCCCNc1nc(N)nc2ccn(Cc3ccc(CN4CCN(C(=O)CCOCCOCCCC(=O)CNC(=O)C[C@H](SC[C@H](N)C(=O)O)C(=O)O)CC4)cc3C)c12. The lowest BCUT2D eigenvalue weighted by Gasteiger charge is -2.35. The Kier molecular flexibility index (Phi) is 22.0. The highest BCUT2D eigenvalue weighted by Gasteiger charge is 2.25. The first-order chi connectivity index (χ1) is 28.8. The Morgan fingerprint density at radius 1 is 0.918 bits per heavy atom. The molecule has 0 radical (unpaired) electrons. The van der Waals surface area contributed by atoms with Crippen LogP contribution in [0.25, 0.3) is 11.0 Å². The van der Waals surface area contributed by atoms with Crippen molar-refractivity contribution in [3.05, 3.63) is 47.2 Å². The van der Waals surface area contributed by atoms with Gasteiger partial charge in [0.05, 0.1) is 38.3 Å². The normalized spacial score (nSPS) is 14.0. The zero-order chi connectivity index (χ0) is 43.4. The number of rotatable bonds is 28. The first-order valence-corrected chi connectivity index (χ1v) is 21.6. The number of thioether (sulfide) groups is 1. The molecule has 0 saturated carbocycles. The van der Waals surface area contributed by atoms with Crippen LogP contribution in [0.3, 0.4) is 0 Å². The molecular weight excluding hydrogens is 807 g/mol. The number of anilines is 2. The smallest absolute Gasteiger partial charge is 0.321 e. The molecule has 1 aromatic carbocycles. The Bertz CT molecular complexity index is 1890. The molecule has 1 aliphatic rings. The summed E-state index contributed by atoms with van der Waals surface area (Å²) in [6, 6.07) is 7.36. The molecule has 0 bridgehead atoms. The Morgan fingerprint density at radius 3 is 2.34 bits per heavy atom. The first kappa shape index (κ1) is 50.5. The van der Waals surface area contributed by atoms with E-state index in [1.165, 1.54) is 16.7 Å². The molecule has 2 amide bonds. The molecular formula is C42H65N9O9S. The summed E-state index contributed by atoms with van der Waals surface area (Å²) in [7, 11) is 0. The number of nitrogen functional groups attached to an aromatic ring is 1. The summed E-state index contributed by atoms with van der Waals surface area (Å²) in [5.74, 6) is -2.47. The number of benzene rings is 1. The number of fused-ring (bicyclic) bond motifs is 1. The van der Waals surface area contributed by atoms with E-state index in [0.717, 1.165) is 74.1 Å². The number of ether oxygens (including phenoxy) is 2. The van der Waals surface area contributed by atoms with E-state index in [-0.39, 0.29) is 56.8 Å². The summed E-state index contributed by atoms with van der Waals surface area (Å²) in [5.41, 5.74) is 16.8. The number of piperazine rings is 1. The molecule has 2 aromatic heterocycles. The molecule has 0 aliphatic carbocycles. The topological polar surface area (TPSA) is 258 Å². The fourth-order valence-corrected chi connectivity index (χ4v) is 7.63. The number of carboxylic acids is 2. The molecule has 2 atom stereocenters. The minimum atomic E-state index is -1.27. The van der Waals surface area contributed by atoms with Crippen LogP contribution < -0.4 is 22.1 Å². The third-order valence-corrected chi connectivity index (χ3v) is 11.4. The van der Waals surface area contributed by atoms with E-state index >= 15 is 0 Å². The van der Waals surface area contributed by atoms with Crippen LogP contribution in [0.1, 0.15) is 76.0 Å². The van der Waals surface area contributed by atoms with Crippen molar-refractivity contribution in [3.63, 3.8) is 0 Å². The van der Waals surface area contributed by atoms with Gasteiger partial charge in [0.1, 0.15) is 16.8 Å². The Hall–Kier alpha value is -4.82. The minimum Gasteiger partial charge on any atom is -0.480 e. The average Bonchev–Trinajstić information content (AvgIpc) is 3.62. The molecule has 1 fully saturated rings. The number of carboxylic acid groups (broad SMARTS) is 2. The van der Waals surface area contributed by atoms with Gasteiger partial charge in [0.15, 0.2) is 11.6 Å². The Labute approximate surface area is 362 Å². The first-order valence-electron chi connectivity index (χ1n) is 20.6. The van der Waals surface area contributed by atoms with Crippen molar-refractivity contribution >= 4 is 64.1 Å². The van der Waals surface area contributed by atoms with Crippen molar-refractivity contribution in [1.29, 1.82) is 0 Å². The number of carbonyl (C=O) groups excluding carboxylic acids is 3. The molecule has 18 nitrogen and oxygen atoms in total. The summed E-state index contributed by atoms with van der Waals surface area (Å²) in [6.07, 6.45) is 5.87. The molecule has 1 aliphatic heterocycles. The second-order valence-corrected chi connectivity index (χ2v) is 16.1. The van der Waals surface area contributed by atoms with Crippen LogP contribution in [0.2, 0.25) is 0 Å². The van der Waals surface area contributed by atoms with Crippen molar-refractivity contribution in [2.24, 2.45) is 5.73 Å². The van der Waals surface area contributed by atoms with Gasteiger partial charge in [0.25, 0.3) is 0 Å². The van der Waals surface area contributed by atoms with Crippen molar-refractivity contribution in [2.45, 2.75) is 90.6 Å². The van der Waals surface area contributed by atoms with Gasteiger partial charge >= 0.3 is 11.9 Å². The van der Waals surface area contributed by atoms with E-state index < -0.39 is 35.6 Å². The third-order valence-electron chi connectivity index (χ3n) is 10.1. The Balaban J connectivity index is 0.00000992. The van der Waals surface area contributed by atoms with Gasteiger partial charge in [0.2, 0.25) is 17.8 Å². The number of Topliss-reactive ketones (excluding diaryl/α,β-unsaturated/α-hetero) is 1. The van der Waals surface area contributed by atoms with Gasteiger partial charge in [-0.2, -0.15) is 4.98 Å². The number of aryl methyl sites for hydroxylation is 1. The lowest BCUT2D eigenvalue weighted by molar-refractivity contribution is -0.139. The standard InChI is InChI=1S/C41H61N9O9S.CH4/c1-3-4-5-12-44-38-37-33(46-41(43)47-38)10-13-50(37)26-30-9-8-29(22-28(30)2)25-48-14-16-49(17-15-48)36(53)11-19-59-21-20-58-18-6-7-31(51)24-45-35(52)23-34(40(56)57)60-27-32(42)39(54)55;/h8-10,13,22,32,34H,3-7,11-12,14-21,23-27,42H2,1-2H3,(H,45,52)(H,54,55)(H,56,57)(H3,43,44,46,47);1H4/t32-,34-;/m0./s1. The fraction of sp³-hybridized carbons (Fsp3) is 0.595. The van der Waals surface area contributed by atoms with Gasteiger partial charge in [-0.15, -0.1) is 11.8 Å². The van der Waals surface area contributed by atoms with E-state index in [9.17, 15) is 29.1 Å². The van der Waals surface area contributed by atoms with Crippen LogP contribution in [0.4, 0.5) is 11.8 Å². The molecule has 1 saturated heterocycles. The summed E-state index contributed by atoms with van der Waals surface area (Å²) in [6.45, 7) is 10.5. The van der Waals surface area contributed by atoms with Gasteiger partial charge in [0, 0.05) is 77.2 Å². The number of hydrogen-bond donors (Lipinski definition) is 6. The highest BCUT2D eigenvalue weighted by molar-refractivity contribution is 8.00. The van der Waals surface area contributed by atoms with Gasteiger partial charge in [-0.1, -0.05) is 45.4 Å². The number of aromatic nitrogens is 3. The molecule has 61 heavy (non-hydrogen) atoms. The van der Waals surface area contributed by atoms with Crippen molar-refractivity contribution in [2.75, 3.05) is 82.5 Å². The molecule has 8 N–H and O–H groups in total. The van der Waals surface area contributed by atoms with Crippen molar-refractivity contribution in [3.8, 4) is 0 Å². The Morgan fingerprint density at radius 2 is 1.66 bits per heavy atom. The molecule has 4 rings (SSSR count). The molecule has 0 spiro atoms.